The molecule has 0 bridgehead atoms. The van der Waals surface area contributed by atoms with Crippen LogP contribution in [0.3, 0.4) is 0 Å². The number of hydrogen-bond donors (Lipinski definition) is 1. The molecule has 0 aliphatic carbocycles. The molecule has 0 fully saturated rings. The first kappa shape index (κ1) is 23.3. The second kappa shape index (κ2) is 10.4. The lowest BCUT2D eigenvalue weighted by atomic mass is 9.87. The van der Waals surface area contributed by atoms with Crippen LogP contribution in [0.15, 0.2) is 66.7 Å². The standard InChI is InChI=1S/C27H26FNO5/c1-33-23-9-5-3-7-19(23)10-13-25(30)29-15-14-18-6-2-4-8-21(18)27(29)22-16-20(28)11-12-24(22)34-17-26(31)32/h2-9,11-12,16,27H,10,13-15,17H2,1H3,(H,31,32). The van der Waals surface area contributed by atoms with Crippen molar-refractivity contribution in [2.45, 2.75) is 25.3 Å². The van der Waals surface area contributed by atoms with Gasteiger partial charge in [-0.05, 0) is 53.8 Å². The van der Waals surface area contributed by atoms with Crippen LogP contribution in [0.4, 0.5) is 4.39 Å². The summed E-state index contributed by atoms with van der Waals surface area (Å²) in [6, 6.07) is 18.7. The minimum absolute atomic E-state index is 0.0844. The maximum absolute atomic E-state index is 14.4. The van der Waals surface area contributed by atoms with Crippen molar-refractivity contribution in [1.29, 1.82) is 0 Å². The van der Waals surface area contributed by atoms with Gasteiger partial charge in [0.05, 0.1) is 13.2 Å². The zero-order valence-electron chi connectivity index (χ0n) is 18.9. The number of carbonyl (C=O) groups is 2. The molecule has 1 aliphatic heterocycles. The van der Waals surface area contributed by atoms with E-state index in [0.717, 1.165) is 22.4 Å². The molecule has 1 aliphatic rings. The van der Waals surface area contributed by atoms with Gasteiger partial charge < -0.3 is 19.5 Å². The van der Waals surface area contributed by atoms with Crippen LogP contribution in [0.1, 0.15) is 34.7 Å². The van der Waals surface area contributed by atoms with Crippen molar-refractivity contribution in [3.8, 4) is 11.5 Å². The highest BCUT2D eigenvalue weighted by Gasteiger charge is 2.34. The molecule has 3 aromatic carbocycles. The summed E-state index contributed by atoms with van der Waals surface area (Å²) in [7, 11) is 1.60. The van der Waals surface area contributed by atoms with Gasteiger partial charge in [0.2, 0.25) is 5.91 Å². The Labute approximate surface area is 197 Å². The van der Waals surface area contributed by atoms with E-state index in [2.05, 4.69) is 0 Å². The molecule has 1 N–H and O–H groups in total. The number of nitrogens with zero attached hydrogens (tertiary/aromatic N) is 1. The normalized spacial score (nSPS) is 14.9. The van der Waals surface area contributed by atoms with Gasteiger partial charge in [-0.2, -0.15) is 0 Å². The molecule has 0 spiro atoms. The van der Waals surface area contributed by atoms with Crippen LogP contribution in [0.2, 0.25) is 0 Å². The van der Waals surface area contributed by atoms with E-state index in [1.165, 1.54) is 18.2 Å². The average molecular weight is 464 g/mol. The summed E-state index contributed by atoms with van der Waals surface area (Å²) in [6.07, 6.45) is 1.42. The number of hydrogen-bond acceptors (Lipinski definition) is 4. The van der Waals surface area contributed by atoms with Crippen LogP contribution in [0, 0.1) is 5.82 Å². The second-order valence-electron chi connectivity index (χ2n) is 8.11. The van der Waals surface area contributed by atoms with E-state index < -0.39 is 24.4 Å². The fourth-order valence-electron chi connectivity index (χ4n) is 4.47. The monoisotopic (exact) mass is 463 g/mol. The van der Waals surface area contributed by atoms with Crippen LogP contribution < -0.4 is 9.47 Å². The highest BCUT2D eigenvalue weighted by molar-refractivity contribution is 5.78. The highest BCUT2D eigenvalue weighted by atomic mass is 19.1. The zero-order valence-corrected chi connectivity index (χ0v) is 18.9. The molecule has 6 nitrogen and oxygen atoms in total. The molecule has 0 radical (unpaired) electrons. The molecule has 0 saturated heterocycles. The maximum atomic E-state index is 14.4. The Balaban J connectivity index is 1.68. The van der Waals surface area contributed by atoms with E-state index in [1.807, 2.05) is 48.5 Å². The number of methoxy groups -OCH3 is 1. The topological polar surface area (TPSA) is 76.1 Å². The van der Waals surface area contributed by atoms with Crippen molar-refractivity contribution >= 4 is 11.9 Å². The van der Waals surface area contributed by atoms with Gasteiger partial charge in [-0.15, -0.1) is 0 Å². The Bertz CT molecular complexity index is 1200. The van der Waals surface area contributed by atoms with E-state index in [4.69, 9.17) is 14.6 Å². The predicted octanol–water partition coefficient (Wildman–Crippen LogP) is 4.40. The molecule has 1 heterocycles. The van der Waals surface area contributed by atoms with Crippen LogP contribution in [0.5, 0.6) is 11.5 Å². The van der Waals surface area contributed by atoms with E-state index in [1.54, 1.807) is 12.0 Å². The number of fused-ring (bicyclic) bond motifs is 1. The van der Waals surface area contributed by atoms with Crippen molar-refractivity contribution in [2.75, 3.05) is 20.3 Å². The number of carboxylic acid groups (broad SMARTS) is 1. The second-order valence-corrected chi connectivity index (χ2v) is 8.11. The lowest BCUT2D eigenvalue weighted by Crippen LogP contribution is -2.41. The summed E-state index contributed by atoms with van der Waals surface area (Å²) < 4.78 is 25.3. The number of ether oxygens (including phenoxy) is 2. The van der Waals surface area contributed by atoms with Crippen molar-refractivity contribution < 1.29 is 28.6 Å². The number of para-hydroxylation sites is 1. The van der Waals surface area contributed by atoms with Crippen molar-refractivity contribution in [1.82, 2.24) is 4.90 Å². The Morgan fingerprint density at radius 1 is 1.03 bits per heavy atom. The fraction of sp³-hybridized carbons (Fsp3) is 0.259. The predicted molar refractivity (Wildman–Crippen MR) is 125 cm³/mol. The summed E-state index contributed by atoms with van der Waals surface area (Å²) >= 11 is 0. The van der Waals surface area contributed by atoms with Gasteiger partial charge in [-0.25, -0.2) is 9.18 Å². The summed E-state index contributed by atoms with van der Waals surface area (Å²) in [4.78, 5) is 26.3. The number of halogens is 1. The Hall–Kier alpha value is -3.87. The molecule has 1 amide bonds. The number of carboxylic acids is 1. The highest BCUT2D eigenvalue weighted by Crippen LogP contribution is 2.40. The molecule has 34 heavy (non-hydrogen) atoms. The van der Waals surface area contributed by atoms with Gasteiger partial charge in [0.1, 0.15) is 17.3 Å². The minimum atomic E-state index is -1.14. The number of aliphatic carboxylic acids is 1. The van der Waals surface area contributed by atoms with Gasteiger partial charge in [-0.3, -0.25) is 4.79 Å². The summed E-state index contributed by atoms with van der Waals surface area (Å²) in [5, 5.41) is 9.08. The lowest BCUT2D eigenvalue weighted by molar-refractivity contribution is -0.139. The molecule has 0 saturated carbocycles. The molecule has 1 atom stereocenters. The number of amides is 1. The quantitative estimate of drug-likeness (QED) is 0.536. The number of rotatable bonds is 8. The van der Waals surface area contributed by atoms with Crippen molar-refractivity contribution in [3.05, 3.63) is 94.8 Å². The van der Waals surface area contributed by atoms with Crippen LogP contribution in [-0.4, -0.2) is 42.1 Å². The number of aryl methyl sites for hydroxylation is 1. The lowest BCUT2D eigenvalue weighted by Gasteiger charge is -2.38. The van der Waals surface area contributed by atoms with Gasteiger partial charge in [0.25, 0.3) is 0 Å². The molecule has 4 rings (SSSR count). The Morgan fingerprint density at radius 2 is 1.79 bits per heavy atom. The molecule has 0 aromatic heterocycles. The maximum Gasteiger partial charge on any atom is 0.341 e. The fourth-order valence-corrected chi connectivity index (χ4v) is 4.47. The Kier molecular flexibility index (Phi) is 7.11. The van der Waals surface area contributed by atoms with Crippen molar-refractivity contribution in [3.63, 3.8) is 0 Å². The molecule has 1 unspecified atom stereocenters. The van der Waals surface area contributed by atoms with E-state index >= 15 is 0 Å². The minimum Gasteiger partial charge on any atom is -0.496 e. The third kappa shape index (κ3) is 5.03. The smallest absolute Gasteiger partial charge is 0.341 e. The van der Waals surface area contributed by atoms with Gasteiger partial charge in [0.15, 0.2) is 6.61 Å². The third-order valence-corrected chi connectivity index (χ3v) is 6.02. The van der Waals surface area contributed by atoms with Crippen LogP contribution >= 0.6 is 0 Å². The number of carbonyl (C=O) groups excluding carboxylic acids is 1. The van der Waals surface area contributed by atoms with E-state index in [-0.39, 0.29) is 18.1 Å². The molecular formula is C27H26FNO5. The molecule has 3 aromatic rings. The summed E-state index contributed by atoms with van der Waals surface area (Å²) in [6.45, 7) is -0.101. The molecule has 176 valence electrons. The number of benzene rings is 3. The van der Waals surface area contributed by atoms with Crippen LogP contribution in [0.25, 0.3) is 0 Å². The largest absolute Gasteiger partial charge is 0.496 e. The molecule has 7 heteroatoms. The van der Waals surface area contributed by atoms with Gasteiger partial charge in [-0.1, -0.05) is 42.5 Å². The first-order valence-electron chi connectivity index (χ1n) is 11.1. The zero-order chi connectivity index (χ0) is 24.1. The molecular weight excluding hydrogens is 437 g/mol. The van der Waals surface area contributed by atoms with Gasteiger partial charge >= 0.3 is 5.97 Å². The SMILES string of the molecule is COc1ccccc1CCC(=O)N1CCc2ccccc2C1c1cc(F)ccc1OCC(=O)O. The summed E-state index contributed by atoms with van der Waals surface area (Å²) in [5.74, 6) is -0.733. The first-order chi connectivity index (χ1) is 16.5. The first-order valence-corrected chi connectivity index (χ1v) is 11.1. The van der Waals surface area contributed by atoms with Gasteiger partial charge in [0, 0.05) is 18.5 Å². The van der Waals surface area contributed by atoms with E-state index in [0.29, 0.717) is 24.9 Å². The Morgan fingerprint density at radius 3 is 2.59 bits per heavy atom. The summed E-state index contributed by atoms with van der Waals surface area (Å²) in [5.41, 5.74) is 3.31. The van der Waals surface area contributed by atoms with Crippen molar-refractivity contribution in [2.24, 2.45) is 0 Å². The van der Waals surface area contributed by atoms with E-state index in [9.17, 15) is 14.0 Å². The van der Waals surface area contributed by atoms with Crippen LogP contribution in [-0.2, 0) is 22.4 Å². The third-order valence-electron chi connectivity index (χ3n) is 6.02. The average Bonchev–Trinajstić information content (AvgIpc) is 2.85.